The summed E-state index contributed by atoms with van der Waals surface area (Å²) in [6, 6.07) is 1.55. The SMILES string of the molecule is CCO[Si](CC[Si](OCC)(OCC)N1CCN(C)CC1)(OCC)OCC. The van der Waals surface area contributed by atoms with E-state index in [4.69, 9.17) is 22.1 Å². The van der Waals surface area contributed by atoms with Crippen LogP contribution in [0, 0.1) is 0 Å². The van der Waals surface area contributed by atoms with E-state index in [9.17, 15) is 0 Å². The second kappa shape index (κ2) is 12.6. The van der Waals surface area contributed by atoms with Gasteiger partial charge in [-0.25, -0.2) is 0 Å². The first-order chi connectivity index (χ1) is 12.5. The molecule has 0 atom stereocenters. The first-order valence-corrected chi connectivity index (χ1v) is 14.0. The van der Waals surface area contributed by atoms with Gasteiger partial charge in [0, 0.05) is 71.3 Å². The van der Waals surface area contributed by atoms with E-state index in [-0.39, 0.29) is 0 Å². The fraction of sp³-hybridized carbons (Fsp3) is 1.00. The molecule has 0 amide bonds. The molecule has 1 fully saturated rings. The van der Waals surface area contributed by atoms with E-state index >= 15 is 0 Å². The highest BCUT2D eigenvalue weighted by Crippen LogP contribution is 2.28. The maximum atomic E-state index is 6.35. The first-order valence-electron chi connectivity index (χ1n) is 10.1. The molecule has 9 heteroatoms. The zero-order valence-electron chi connectivity index (χ0n) is 17.7. The van der Waals surface area contributed by atoms with Gasteiger partial charge in [-0.15, -0.1) is 0 Å². The summed E-state index contributed by atoms with van der Waals surface area (Å²) >= 11 is 0. The smallest absolute Gasteiger partial charge is 0.383 e. The highest BCUT2D eigenvalue weighted by Gasteiger charge is 2.50. The molecule has 1 saturated heterocycles. The average Bonchev–Trinajstić information content (AvgIpc) is 2.61. The summed E-state index contributed by atoms with van der Waals surface area (Å²) in [4.78, 5) is 2.35. The molecule has 1 aliphatic rings. The lowest BCUT2D eigenvalue weighted by molar-refractivity contribution is 0.0668. The second-order valence-corrected chi connectivity index (χ2v) is 12.2. The van der Waals surface area contributed by atoms with Crippen LogP contribution in [-0.2, 0) is 22.1 Å². The van der Waals surface area contributed by atoms with Crippen molar-refractivity contribution in [3.8, 4) is 0 Å². The van der Waals surface area contributed by atoms with Gasteiger partial charge >= 0.3 is 17.5 Å². The third-order valence-electron chi connectivity index (χ3n) is 4.56. The Morgan fingerprint density at radius 1 is 0.615 bits per heavy atom. The molecule has 0 spiro atoms. The minimum absolute atomic E-state index is 0.596. The summed E-state index contributed by atoms with van der Waals surface area (Å²) in [5.41, 5.74) is 0. The molecule has 0 aromatic rings. The summed E-state index contributed by atoms with van der Waals surface area (Å²) in [7, 11) is -3.06. The highest BCUT2D eigenvalue weighted by molar-refractivity contribution is 6.68. The Hall–Kier alpha value is 0.154. The van der Waals surface area contributed by atoms with Crippen LogP contribution in [0.15, 0.2) is 0 Å². The number of piperazine rings is 1. The van der Waals surface area contributed by atoms with Gasteiger partial charge in [-0.2, -0.15) is 0 Å². The Morgan fingerprint density at radius 3 is 1.42 bits per heavy atom. The Bertz CT molecular complexity index is 348. The number of likely N-dealkylation sites (N-methyl/N-ethyl adjacent to an activating group) is 1. The van der Waals surface area contributed by atoms with E-state index in [1.165, 1.54) is 0 Å². The number of rotatable bonds is 14. The minimum Gasteiger partial charge on any atom is -0.383 e. The molecule has 0 aromatic heterocycles. The fourth-order valence-corrected chi connectivity index (χ4v) is 10.8. The van der Waals surface area contributed by atoms with Gasteiger partial charge in [0.25, 0.3) is 0 Å². The zero-order valence-corrected chi connectivity index (χ0v) is 19.7. The van der Waals surface area contributed by atoms with Crippen molar-refractivity contribution in [1.82, 2.24) is 9.47 Å². The Balaban J connectivity index is 2.97. The maximum Gasteiger partial charge on any atom is 0.500 e. The van der Waals surface area contributed by atoms with Crippen LogP contribution >= 0.6 is 0 Å². The van der Waals surface area contributed by atoms with Crippen LogP contribution in [0.3, 0.4) is 0 Å². The summed E-state index contributed by atoms with van der Waals surface area (Å²) in [6.07, 6.45) is 0. The summed E-state index contributed by atoms with van der Waals surface area (Å²) in [6.45, 7) is 17.2. The van der Waals surface area contributed by atoms with Crippen molar-refractivity contribution < 1.29 is 22.1 Å². The molecule has 1 rings (SSSR count). The van der Waals surface area contributed by atoms with Crippen LogP contribution in [0.4, 0.5) is 0 Å². The minimum atomic E-state index is -2.70. The van der Waals surface area contributed by atoms with Gasteiger partial charge in [-0.1, -0.05) is 0 Å². The van der Waals surface area contributed by atoms with Crippen molar-refractivity contribution in [2.75, 3.05) is 66.3 Å². The molecule has 1 heterocycles. The van der Waals surface area contributed by atoms with E-state index in [0.29, 0.717) is 33.0 Å². The zero-order chi connectivity index (χ0) is 19.5. The third kappa shape index (κ3) is 6.95. The molecule has 7 nitrogen and oxygen atoms in total. The lowest BCUT2D eigenvalue weighted by atomic mass is 10.4. The average molecular weight is 409 g/mol. The molecule has 0 aromatic carbocycles. The molecule has 0 saturated carbocycles. The third-order valence-corrected chi connectivity index (χ3v) is 11.9. The Kier molecular flexibility index (Phi) is 11.7. The van der Waals surface area contributed by atoms with Crippen molar-refractivity contribution in [3.63, 3.8) is 0 Å². The second-order valence-electron chi connectivity index (χ2n) is 6.35. The van der Waals surface area contributed by atoms with Gasteiger partial charge in [0.15, 0.2) is 0 Å². The Morgan fingerprint density at radius 2 is 1.04 bits per heavy atom. The molecule has 0 bridgehead atoms. The van der Waals surface area contributed by atoms with E-state index < -0.39 is 17.5 Å². The topological polar surface area (TPSA) is 52.6 Å². The summed E-state index contributed by atoms with van der Waals surface area (Å²) in [5, 5.41) is 0. The largest absolute Gasteiger partial charge is 0.500 e. The lowest BCUT2D eigenvalue weighted by Crippen LogP contribution is -2.64. The van der Waals surface area contributed by atoms with E-state index in [1.807, 2.05) is 20.8 Å². The van der Waals surface area contributed by atoms with Crippen molar-refractivity contribution in [2.24, 2.45) is 0 Å². The monoisotopic (exact) mass is 408 g/mol. The van der Waals surface area contributed by atoms with Crippen LogP contribution in [-0.4, -0.2) is 93.3 Å². The van der Waals surface area contributed by atoms with Crippen LogP contribution in [0.25, 0.3) is 0 Å². The predicted octanol–water partition coefficient (Wildman–Crippen LogP) is 2.29. The van der Waals surface area contributed by atoms with E-state index in [2.05, 4.69) is 30.4 Å². The number of nitrogens with zero attached hydrogens (tertiary/aromatic N) is 2. The van der Waals surface area contributed by atoms with Crippen LogP contribution < -0.4 is 0 Å². The predicted molar refractivity (Wildman–Crippen MR) is 108 cm³/mol. The summed E-state index contributed by atoms with van der Waals surface area (Å²) < 4.78 is 33.3. The molecule has 26 heavy (non-hydrogen) atoms. The molecule has 0 N–H and O–H groups in total. The van der Waals surface area contributed by atoms with Gasteiger partial charge in [0.05, 0.1) is 0 Å². The molecule has 1 aliphatic heterocycles. The molecule has 156 valence electrons. The van der Waals surface area contributed by atoms with Crippen LogP contribution in [0.5, 0.6) is 0 Å². The van der Waals surface area contributed by atoms with Gasteiger partial charge in [0.1, 0.15) is 0 Å². The Labute approximate surface area is 162 Å². The summed E-state index contributed by atoms with van der Waals surface area (Å²) in [5.74, 6) is 0. The number of hydrogen-bond acceptors (Lipinski definition) is 7. The van der Waals surface area contributed by atoms with Crippen molar-refractivity contribution >= 4 is 17.5 Å². The molecule has 0 aliphatic carbocycles. The number of hydrogen-bond donors (Lipinski definition) is 0. The van der Waals surface area contributed by atoms with Crippen molar-refractivity contribution in [2.45, 2.75) is 46.7 Å². The molecular formula is C17H40N2O5Si2. The van der Waals surface area contributed by atoms with Gasteiger partial charge in [-0.3, -0.25) is 4.57 Å². The van der Waals surface area contributed by atoms with Crippen molar-refractivity contribution in [1.29, 1.82) is 0 Å². The highest BCUT2D eigenvalue weighted by atomic mass is 28.4. The molecule has 0 radical (unpaired) electrons. The fourth-order valence-electron chi connectivity index (χ4n) is 3.44. The van der Waals surface area contributed by atoms with Gasteiger partial charge in [-0.05, 0) is 41.7 Å². The standard InChI is InChI=1S/C17H40N2O5Si2/c1-7-20-25(21-8-2,19-14-12-18(6)13-15-19)16-17-26(22-9-3,23-10-4)24-11-5/h7-17H2,1-6H3. The maximum absolute atomic E-state index is 6.35. The first kappa shape index (κ1) is 24.2. The van der Waals surface area contributed by atoms with E-state index in [0.717, 1.165) is 38.3 Å². The van der Waals surface area contributed by atoms with Crippen LogP contribution in [0.2, 0.25) is 12.1 Å². The van der Waals surface area contributed by atoms with Gasteiger partial charge < -0.3 is 27.0 Å². The molecule has 0 unspecified atom stereocenters. The van der Waals surface area contributed by atoms with E-state index in [1.54, 1.807) is 0 Å². The van der Waals surface area contributed by atoms with Crippen LogP contribution in [0.1, 0.15) is 34.6 Å². The normalized spacial score (nSPS) is 17.8. The van der Waals surface area contributed by atoms with Crippen molar-refractivity contribution in [3.05, 3.63) is 0 Å². The quantitative estimate of drug-likeness (QED) is 0.409. The lowest BCUT2D eigenvalue weighted by Gasteiger charge is -2.44. The van der Waals surface area contributed by atoms with Gasteiger partial charge in [0.2, 0.25) is 0 Å². The molecular weight excluding hydrogens is 368 g/mol.